The van der Waals surface area contributed by atoms with Crippen LogP contribution >= 0.6 is 0 Å². The summed E-state index contributed by atoms with van der Waals surface area (Å²) >= 11 is 0. The molecule has 4 heteroatoms. The van der Waals surface area contributed by atoms with Gasteiger partial charge in [-0.05, 0) is 31.4 Å². The number of ether oxygens (including phenoxy) is 2. The molecule has 1 atom stereocenters. The van der Waals surface area contributed by atoms with Gasteiger partial charge in [0.05, 0.1) is 7.11 Å². The van der Waals surface area contributed by atoms with Crippen molar-refractivity contribution in [3.05, 3.63) is 23.8 Å². The maximum Gasteiger partial charge on any atom is 0.343 e. The van der Waals surface area contributed by atoms with Crippen molar-refractivity contribution in [1.82, 2.24) is 0 Å². The number of carbonyl (C=O) groups is 1. The molecule has 0 spiro atoms. The zero-order valence-corrected chi connectivity index (χ0v) is 14.6. The molecule has 1 aromatic rings. The first-order valence-corrected chi connectivity index (χ1v) is 8.75. The van der Waals surface area contributed by atoms with Crippen molar-refractivity contribution in [3.63, 3.8) is 0 Å². The average Bonchev–Trinajstić information content (AvgIpc) is 2.99. The van der Waals surface area contributed by atoms with Crippen molar-refractivity contribution in [2.45, 2.75) is 58.4 Å². The molecule has 1 aliphatic rings. The third-order valence-electron chi connectivity index (χ3n) is 4.58. The Bertz CT molecular complexity index is 515. The molecule has 0 saturated carbocycles. The van der Waals surface area contributed by atoms with E-state index in [0.29, 0.717) is 6.04 Å². The van der Waals surface area contributed by atoms with Gasteiger partial charge >= 0.3 is 5.97 Å². The van der Waals surface area contributed by atoms with Crippen LogP contribution in [-0.4, -0.2) is 32.3 Å². The summed E-state index contributed by atoms with van der Waals surface area (Å²) in [6.07, 6.45) is 7.54. The SMILES string of the molecule is CCCCCCC(C)N1CCc2ccc(OCC(=O)OC)cc21. The largest absolute Gasteiger partial charge is 0.482 e. The van der Waals surface area contributed by atoms with Gasteiger partial charge in [0.25, 0.3) is 0 Å². The highest BCUT2D eigenvalue weighted by Gasteiger charge is 2.23. The van der Waals surface area contributed by atoms with E-state index in [-0.39, 0.29) is 12.6 Å². The molecule has 2 rings (SSSR count). The van der Waals surface area contributed by atoms with Crippen molar-refractivity contribution in [1.29, 1.82) is 0 Å². The maximum absolute atomic E-state index is 11.2. The molecule has 1 heterocycles. The van der Waals surface area contributed by atoms with E-state index in [9.17, 15) is 4.79 Å². The van der Waals surface area contributed by atoms with Crippen LogP contribution in [-0.2, 0) is 16.0 Å². The number of esters is 1. The van der Waals surface area contributed by atoms with Gasteiger partial charge in [-0.2, -0.15) is 0 Å². The Kier molecular flexibility index (Phi) is 6.75. The first-order chi connectivity index (χ1) is 11.2. The van der Waals surface area contributed by atoms with Crippen LogP contribution in [0.5, 0.6) is 5.75 Å². The second-order valence-corrected chi connectivity index (χ2v) is 6.30. The lowest BCUT2D eigenvalue weighted by atomic mass is 10.1. The number of methoxy groups -OCH3 is 1. The quantitative estimate of drug-likeness (QED) is 0.510. The lowest BCUT2D eigenvalue weighted by molar-refractivity contribution is -0.142. The molecule has 0 saturated heterocycles. The first kappa shape index (κ1) is 17.6. The second kappa shape index (κ2) is 8.80. The topological polar surface area (TPSA) is 38.8 Å². The molecule has 0 aromatic heterocycles. The number of carbonyl (C=O) groups excluding carboxylic acids is 1. The molecule has 0 bridgehead atoms. The minimum atomic E-state index is -0.355. The highest BCUT2D eigenvalue weighted by molar-refractivity contribution is 5.71. The fourth-order valence-corrected chi connectivity index (χ4v) is 3.15. The van der Waals surface area contributed by atoms with Gasteiger partial charge in [-0.15, -0.1) is 0 Å². The van der Waals surface area contributed by atoms with E-state index in [1.165, 1.54) is 50.5 Å². The van der Waals surface area contributed by atoms with Gasteiger partial charge in [-0.3, -0.25) is 0 Å². The minimum absolute atomic E-state index is 0.0398. The van der Waals surface area contributed by atoms with Crippen molar-refractivity contribution in [3.8, 4) is 5.75 Å². The van der Waals surface area contributed by atoms with Gasteiger partial charge in [-0.1, -0.05) is 38.7 Å². The summed E-state index contributed by atoms with van der Waals surface area (Å²) < 4.78 is 10.1. The summed E-state index contributed by atoms with van der Waals surface area (Å²) in [5.74, 6) is 0.380. The first-order valence-electron chi connectivity index (χ1n) is 8.75. The van der Waals surface area contributed by atoms with Gasteiger partial charge in [0, 0.05) is 24.3 Å². The predicted molar refractivity (Wildman–Crippen MR) is 93.2 cm³/mol. The fourth-order valence-electron chi connectivity index (χ4n) is 3.15. The van der Waals surface area contributed by atoms with E-state index in [1.54, 1.807) is 0 Å². The van der Waals surface area contributed by atoms with Gasteiger partial charge < -0.3 is 14.4 Å². The number of anilines is 1. The molecule has 1 aromatic carbocycles. The van der Waals surface area contributed by atoms with Crippen molar-refractivity contribution in [2.75, 3.05) is 25.2 Å². The Morgan fingerprint density at radius 3 is 2.87 bits per heavy atom. The van der Waals surface area contributed by atoms with E-state index < -0.39 is 0 Å². The number of hydrogen-bond acceptors (Lipinski definition) is 4. The smallest absolute Gasteiger partial charge is 0.343 e. The number of fused-ring (bicyclic) bond motifs is 1. The highest BCUT2D eigenvalue weighted by atomic mass is 16.6. The van der Waals surface area contributed by atoms with Crippen LogP contribution < -0.4 is 9.64 Å². The molecule has 23 heavy (non-hydrogen) atoms. The number of unbranched alkanes of at least 4 members (excludes halogenated alkanes) is 3. The van der Waals surface area contributed by atoms with Gasteiger partial charge in [0.1, 0.15) is 5.75 Å². The third kappa shape index (κ3) is 4.88. The molecule has 0 radical (unpaired) electrons. The predicted octanol–water partition coefficient (Wildman–Crippen LogP) is 3.96. The van der Waals surface area contributed by atoms with Crippen LogP contribution in [0.2, 0.25) is 0 Å². The molecule has 0 amide bonds. The molecule has 1 unspecified atom stereocenters. The van der Waals surface area contributed by atoms with Crippen LogP contribution in [0.15, 0.2) is 18.2 Å². The van der Waals surface area contributed by atoms with Crippen LogP contribution in [0.3, 0.4) is 0 Å². The standard InChI is InChI=1S/C19H29NO3/c1-4-5-6-7-8-15(2)20-12-11-16-9-10-17(13-18(16)20)23-14-19(21)22-3/h9-10,13,15H,4-8,11-12,14H2,1-3H3. The summed E-state index contributed by atoms with van der Waals surface area (Å²) in [6.45, 7) is 5.59. The van der Waals surface area contributed by atoms with Crippen molar-refractivity contribution < 1.29 is 14.3 Å². The third-order valence-corrected chi connectivity index (χ3v) is 4.58. The molecule has 0 aliphatic carbocycles. The Balaban J connectivity index is 1.95. The van der Waals surface area contributed by atoms with E-state index >= 15 is 0 Å². The number of hydrogen-bond donors (Lipinski definition) is 0. The number of nitrogens with zero attached hydrogens (tertiary/aromatic N) is 1. The van der Waals surface area contributed by atoms with Crippen LogP contribution in [0, 0.1) is 0 Å². The molecular weight excluding hydrogens is 290 g/mol. The number of rotatable bonds is 9. The zero-order chi connectivity index (χ0) is 16.7. The summed E-state index contributed by atoms with van der Waals surface area (Å²) in [6, 6.07) is 6.67. The highest BCUT2D eigenvalue weighted by Crippen LogP contribution is 2.34. The van der Waals surface area contributed by atoms with E-state index in [4.69, 9.17) is 4.74 Å². The molecule has 128 valence electrons. The monoisotopic (exact) mass is 319 g/mol. The van der Waals surface area contributed by atoms with E-state index in [1.807, 2.05) is 6.07 Å². The second-order valence-electron chi connectivity index (χ2n) is 6.30. The Morgan fingerprint density at radius 1 is 1.30 bits per heavy atom. The Morgan fingerprint density at radius 2 is 2.13 bits per heavy atom. The molecular formula is C19H29NO3. The lowest BCUT2D eigenvalue weighted by Crippen LogP contribution is -2.31. The van der Waals surface area contributed by atoms with Crippen molar-refractivity contribution >= 4 is 11.7 Å². The normalized spacial score (nSPS) is 14.5. The Labute approximate surface area is 139 Å². The van der Waals surface area contributed by atoms with Crippen molar-refractivity contribution in [2.24, 2.45) is 0 Å². The summed E-state index contributed by atoms with van der Waals surface area (Å²) in [5.41, 5.74) is 2.63. The Hall–Kier alpha value is -1.71. The summed E-state index contributed by atoms with van der Waals surface area (Å²) in [4.78, 5) is 13.7. The van der Waals surface area contributed by atoms with Crippen LogP contribution in [0.4, 0.5) is 5.69 Å². The maximum atomic E-state index is 11.2. The molecule has 4 nitrogen and oxygen atoms in total. The van der Waals surface area contributed by atoms with Crippen LogP contribution in [0.1, 0.15) is 51.5 Å². The zero-order valence-electron chi connectivity index (χ0n) is 14.6. The average molecular weight is 319 g/mol. The molecule has 0 fully saturated rings. The number of benzene rings is 1. The lowest BCUT2D eigenvalue weighted by Gasteiger charge is -2.27. The van der Waals surface area contributed by atoms with E-state index in [0.717, 1.165) is 18.7 Å². The van der Waals surface area contributed by atoms with Gasteiger partial charge in [-0.25, -0.2) is 4.79 Å². The van der Waals surface area contributed by atoms with Gasteiger partial charge in [0.15, 0.2) is 6.61 Å². The molecule has 0 N–H and O–H groups in total. The van der Waals surface area contributed by atoms with E-state index in [2.05, 4.69) is 35.6 Å². The van der Waals surface area contributed by atoms with Gasteiger partial charge in [0.2, 0.25) is 0 Å². The summed E-state index contributed by atoms with van der Waals surface area (Å²) in [7, 11) is 1.37. The minimum Gasteiger partial charge on any atom is -0.482 e. The van der Waals surface area contributed by atoms with Crippen LogP contribution in [0.25, 0.3) is 0 Å². The molecule has 1 aliphatic heterocycles. The summed E-state index contributed by atoms with van der Waals surface area (Å²) in [5, 5.41) is 0. The fraction of sp³-hybridized carbons (Fsp3) is 0.632.